The first kappa shape index (κ1) is 13.7. The summed E-state index contributed by atoms with van der Waals surface area (Å²) >= 11 is 0. The predicted octanol–water partition coefficient (Wildman–Crippen LogP) is 1.88. The molecule has 0 bridgehead atoms. The van der Waals surface area contributed by atoms with Crippen molar-refractivity contribution >= 4 is 5.91 Å². The number of hydrogen-bond acceptors (Lipinski definition) is 6. The molecule has 112 valence electrons. The summed E-state index contributed by atoms with van der Waals surface area (Å²) in [7, 11) is 0. The molecule has 3 rings (SSSR count). The molecule has 2 aromatic heterocycles. The number of aromatic nitrogens is 1. The normalized spacial score (nSPS) is 18.7. The van der Waals surface area contributed by atoms with Crippen molar-refractivity contribution in [3.63, 3.8) is 0 Å². The molecular formula is C14H16N2O5. The number of furan rings is 1. The lowest BCUT2D eigenvalue weighted by molar-refractivity contribution is -0.0331. The van der Waals surface area contributed by atoms with Gasteiger partial charge in [0.1, 0.15) is 11.9 Å². The molecule has 2 aromatic rings. The molecule has 21 heavy (non-hydrogen) atoms. The van der Waals surface area contributed by atoms with Gasteiger partial charge in [-0.1, -0.05) is 0 Å². The minimum absolute atomic E-state index is 0.165. The number of rotatable bonds is 4. The van der Waals surface area contributed by atoms with E-state index >= 15 is 0 Å². The Bertz CT molecular complexity index is 592. The van der Waals surface area contributed by atoms with Crippen LogP contribution in [-0.4, -0.2) is 42.3 Å². The smallest absolute Gasteiger partial charge is 0.292 e. The molecule has 1 amide bonds. The fourth-order valence-corrected chi connectivity index (χ4v) is 2.21. The number of ether oxygens (including phenoxy) is 2. The van der Waals surface area contributed by atoms with Crippen molar-refractivity contribution in [1.29, 1.82) is 0 Å². The van der Waals surface area contributed by atoms with E-state index in [4.69, 9.17) is 18.4 Å². The molecule has 0 aliphatic carbocycles. The zero-order valence-electron chi connectivity index (χ0n) is 11.7. The van der Waals surface area contributed by atoms with Crippen LogP contribution in [0.15, 0.2) is 33.4 Å². The molecule has 0 spiro atoms. The fraction of sp³-hybridized carbons (Fsp3) is 0.429. The van der Waals surface area contributed by atoms with Crippen LogP contribution in [0.5, 0.6) is 5.88 Å². The van der Waals surface area contributed by atoms with E-state index in [1.165, 1.54) is 6.07 Å². The zero-order valence-corrected chi connectivity index (χ0v) is 11.7. The second kappa shape index (κ2) is 6.01. The first-order chi connectivity index (χ1) is 10.3. The van der Waals surface area contributed by atoms with Crippen molar-refractivity contribution < 1.29 is 23.2 Å². The Balaban J connectivity index is 1.68. The molecule has 0 saturated carbocycles. The first-order valence-corrected chi connectivity index (χ1v) is 6.81. The number of carbonyl (C=O) groups excluding carboxylic acids is 1. The second-order valence-electron chi connectivity index (χ2n) is 4.59. The topological polar surface area (TPSA) is 77.9 Å². The van der Waals surface area contributed by atoms with Gasteiger partial charge in [-0.25, -0.2) is 0 Å². The van der Waals surface area contributed by atoms with E-state index in [9.17, 15) is 4.79 Å². The second-order valence-corrected chi connectivity index (χ2v) is 4.59. The van der Waals surface area contributed by atoms with Crippen molar-refractivity contribution in [2.75, 3.05) is 26.3 Å². The van der Waals surface area contributed by atoms with Gasteiger partial charge in [-0.3, -0.25) is 4.79 Å². The van der Waals surface area contributed by atoms with Crippen LogP contribution >= 0.6 is 0 Å². The van der Waals surface area contributed by atoms with Gasteiger partial charge in [0.05, 0.1) is 32.1 Å². The molecular weight excluding hydrogens is 276 g/mol. The third-order valence-corrected chi connectivity index (χ3v) is 3.21. The van der Waals surface area contributed by atoms with Crippen molar-refractivity contribution in [1.82, 2.24) is 10.1 Å². The number of carbonyl (C=O) groups is 1. The van der Waals surface area contributed by atoms with E-state index < -0.39 is 0 Å². The lowest BCUT2D eigenvalue weighted by Gasteiger charge is -2.31. The van der Waals surface area contributed by atoms with Crippen LogP contribution in [0, 0.1) is 0 Å². The summed E-state index contributed by atoms with van der Waals surface area (Å²) in [5.74, 6) is 0.962. The Kier molecular flexibility index (Phi) is 3.92. The molecule has 7 heteroatoms. The van der Waals surface area contributed by atoms with Gasteiger partial charge in [-0.05, 0) is 24.2 Å². The monoisotopic (exact) mass is 292 g/mol. The van der Waals surface area contributed by atoms with Crippen LogP contribution in [0.2, 0.25) is 0 Å². The molecule has 1 aliphatic heterocycles. The molecule has 1 saturated heterocycles. The highest BCUT2D eigenvalue weighted by atomic mass is 16.5. The molecule has 1 unspecified atom stereocenters. The first-order valence-electron chi connectivity index (χ1n) is 6.81. The number of nitrogens with zero attached hydrogens (tertiary/aromatic N) is 2. The van der Waals surface area contributed by atoms with Crippen molar-refractivity contribution in [3.8, 4) is 5.88 Å². The fourth-order valence-electron chi connectivity index (χ4n) is 2.21. The van der Waals surface area contributed by atoms with Gasteiger partial charge in [0.2, 0.25) is 5.76 Å². The quantitative estimate of drug-likeness (QED) is 0.856. The van der Waals surface area contributed by atoms with Gasteiger partial charge in [0.25, 0.3) is 11.8 Å². The highest BCUT2D eigenvalue weighted by Crippen LogP contribution is 2.24. The van der Waals surface area contributed by atoms with Gasteiger partial charge in [-0.2, -0.15) is 0 Å². The average Bonchev–Trinajstić information content (AvgIpc) is 3.18. The summed E-state index contributed by atoms with van der Waals surface area (Å²) in [4.78, 5) is 14.0. The van der Waals surface area contributed by atoms with E-state index in [1.807, 2.05) is 13.0 Å². The van der Waals surface area contributed by atoms with Crippen LogP contribution in [0.4, 0.5) is 0 Å². The molecule has 7 nitrogen and oxygen atoms in total. The average molecular weight is 292 g/mol. The predicted molar refractivity (Wildman–Crippen MR) is 71.0 cm³/mol. The van der Waals surface area contributed by atoms with E-state index in [0.717, 1.165) is 0 Å². The number of morpholine rings is 1. The van der Waals surface area contributed by atoms with Gasteiger partial charge >= 0.3 is 0 Å². The summed E-state index contributed by atoms with van der Waals surface area (Å²) in [6.07, 6.45) is 1.33. The summed E-state index contributed by atoms with van der Waals surface area (Å²) in [5, 5.41) is 3.70. The van der Waals surface area contributed by atoms with Crippen molar-refractivity contribution in [2.45, 2.75) is 13.0 Å². The molecule has 0 radical (unpaired) electrons. The summed E-state index contributed by atoms with van der Waals surface area (Å²) in [6.45, 7) is 3.67. The van der Waals surface area contributed by atoms with Crippen molar-refractivity contribution in [3.05, 3.63) is 36.0 Å². The molecule has 1 aliphatic rings. The molecule has 0 aromatic carbocycles. The molecule has 0 N–H and O–H groups in total. The molecule has 3 heterocycles. The van der Waals surface area contributed by atoms with E-state index in [-0.39, 0.29) is 17.8 Å². The van der Waals surface area contributed by atoms with Crippen molar-refractivity contribution in [2.24, 2.45) is 0 Å². The highest BCUT2D eigenvalue weighted by Gasteiger charge is 2.29. The Morgan fingerprint density at radius 3 is 3.24 bits per heavy atom. The van der Waals surface area contributed by atoms with Crippen LogP contribution in [0.3, 0.4) is 0 Å². The third-order valence-electron chi connectivity index (χ3n) is 3.21. The van der Waals surface area contributed by atoms with Gasteiger partial charge in [-0.15, -0.1) is 0 Å². The summed E-state index contributed by atoms with van der Waals surface area (Å²) in [6, 6.07) is 5.13. The van der Waals surface area contributed by atoms with E-state index in [2.05, 4.69) is 5.16 Å². The summed E-state index contributed by atoms with van der Waals surface area (Å²) < 4.78 is 21.2. The highest BCUT2D eigenvalue weighted by molar-refractivity contribution is 5.91. The molecule has 1 fully saturated rings. The Morgan fingerprint density at radius 1 is 1.57 bits per heavy atom. The SMILES string of the molecule is CCOc1cc(C(=O)N2CCOC(c3ccco3)C2)on1. The standard InChI is InChI=1S/C14H16N2O5/c1-2-18-13-8-11(21-15-13)14(17)16-5-7-20-12(9-16)10-4-3-6-19-10/h3-4,6,8,12H,2,5,7,9H2,1H3. The van der Waals surface area contributed by atoms with Crippen LogP contribution < -0.4 is 4.74 Å². The maximum Gasteiger partial charge on any atom is 0.292 e. The molecule has 1 atom stereocenters. The Morgan fingerprint density at radius 2 is 2.48 bits per heavy atom. The largest absolute Gasteiger partial charge is 0.476 e. The van der Waals surface area contributed by atoms with Crippen LogP contribution in [-0.2, 0) is 4.74 Å². The Labute approximate surface area is 121 Å². The van der Waals surface area contributed by atoms with E-state index in [0.29, 0.717) is 37.9 Å². The van der Waals surface area contributed by atoms with Crippen LogP contribution in [0.1, 0.15) is 29.3 Å². The maximum atomic E-state index is 12.4. The maximum absolute atomic E-state index is 12.4. The Hall–Kier alpha value is -2.28. The van der Waals surface area contributed by atoms with Gasteiger partial charge < -0.3 is 23.3 Å². The van der Waals surface area contributed by atoms with Gasteiger partial charge in [0, 0.05) is 6.54 Å². The zero-order chi connectivity index (χ0) is 14.7. The van der Waals surface area contributed by atoms with Gasteiger partial charge in [0.15, 0.2) is 0 Å². The lowest BCUT2D eigenvalue weighted by Crippen LogP contribution is -2.42. The minimum Gasteiger partial charge on any atom is -0.476 e. The third kappa shape index (κ3) is 2.92. The minimum atomic E-state index is -0.257. The van der Waals surface area contributed by atoms with Crippen LogP contribution in [0.25, 0.3) is 0 Å². The lowest BCUT2D eigenvalue weighted by atomic mass is 10.2. The number of amides is 1. The van der Waals surface area contributed by atoms with E-state index in [1.54, 1.807) is 17.2 Å². The number of hydrogen-bond donors (Lipinski definition) is 0. The summed E-state index contributed by atoms with van der Waals surface area (Å²) in [5.41, 5.74) is 0.